The second-order valence-corrected chi connectivity index (χ2v) is 7.10. The topological polar surface area (TPSA) is 66.8 Å². The van der Waals surface area contributed by atoms with Crippen LogP contribution < -0.4 is 4.90 Å². The summed E-state index contributed by atoms with van der Waals surface area (Å²) in [6.07, 6.45) is 0.195. The Kier molecular flexibility index (Phi) is 3.61. The van der Waals surface area contributed by atoms with Crippen LogP contribution in [0.1, 0.15) is 38.3 Å². The Bertz CT molecular complexity index is 682. The van der Waals surface area contributed by atoms with Gasteiger partial charge >= 0.3 is 0 Å². The predicted molar refractivity (Wildman–Crippen MR) is 86.2 cm³/mol. The summed E-state index contributed by atoms with van der Waals surface area (Å²) >= 11 is 0. The smallest absolute Gasteiger partial charge is 0.264 e. The Morgan fingerprint density at radius 1 is 1.35 bits per heavy atom. The summed E-state index contributed by atoms with van der Waals surface area (Å²) in [5, 5.41) is 11.3. The average Bonchev–Trinajstić information content (AvgIpc) is 2.67. The first-order valence-corrected chi connectivity index (χ1v) is 8.03. The lowest BCUT2D eigenvalue weighted by molar-refractivity contribution is -0.172. The minimum atomic E-state index is -1.83. The van der Waals surface area contributed by atoms with Crippen LogP contribution in [-0.4, -0.2) is 35.5 Å². The zero-order valence-electron chi connectivity index (χ0n) is 14.0. The maximum absolute atomic E-state index is 12.9. The Morgan fingerprint density at radius 3 is 2.65 bits per heavy atom. The molecule has 0 saturated carbocycles. The quantitative estimate of drug-likeness (QED) is 0.905. The molecule has 0 aromatic heterocycles. The van der Waals surface area contributed by atoms with E-state index in [1.807, 2.05) is 39.8 Å². The van der Waals surface area contributed by atoms with Crippen LogP contribution in [0, 0.1) is 12.8 Å². The number of carbonyl (C=O) groups is 2. The predicted octanol–water partition coefficient (Wildman–Crippen LogP) is 1.93. The van der Waals surface area contributed by atoms with Gasteiger partial charge in [-0.2, -0.15) is 0 Å². The van der Waals surface area contributed by atoms with Crippen molar-refractivity contribution in [2.24, 2.45) is 5.92 Å². The average molecular weight is 317 g/mol. The highest BCUT2D eigenvalue weighted by Crippen LogP contribution is 2.47. The highest BCUT2D eigenvalue weighted by Gasteiger charge is 2.58. The van der Waals surface area contributed by atoms with E-state index >= 15 is 0 Å². The van der Waals surface area contributed by atoms with Gasteiger partial charge in [-0.25, -0.2) is 0 Å². The number of rotatable bonds is 2. The number of likely N-dealkylation sites (N-methyl/N-ethyl adjacent to an activating group) is 1. The third-order valence-corrected chi connectivity index (χ3v) is 4.87. The van der Waals surface area contributed by atoms with Crippen molar-refractivity contribution < 1.29 is 19.4 Å². The number of hydrogen-bond acceptors (Lipinski definition) is 4. The van der Waals surface area contributed by atoms with Gasteiger partial charge in [0.1, 0.15) is 5.78 Å². The molecule has 124 valence electrons. The van der Waals surface area contributed by atoms with Gasteiger partial charge in [0.25, 0.3) is 5.91 Å². The van der Waals surface area contributed by atoms with Gasteiger partial charge in [-0.3, -0.25) is 9.59 Å². The van der Waals surface area contributed by atoms with Crippen molar-refractivity contribution in [1.29, 1.82) is 0 Å². The van der Waals surface area contributed by atoms with Crippen LogP contribution in [0.15, 0.2) is 18.2 Å². The lowest BCUT2D eigenvalue weighted by Crippen LogP contribution is -2.54. The number of nitrogens with zero attached hydrogens (tertiary/aromatic N) is 1. The molecule has 0 bridgehead atoms. The Balaban J connectivity index is 2.09. The highest BCUT2D eigenvalue weighted by atomic mass is 16.5. The van der Waals surface area contributed by atoms with E-state index in [-0.39, 0.29) is 18.8 Å². The zero-order chi connectivity index (χ0) is 17.0. The second kappa shape index (κ2) is 5.14. The minimum absolute atomic E-state index is 0.0546. The van der Waals surface area contributed by atoms with E-state index in [4.69, 9.17) is 4.74 Å². The molecule has 2 heterocycles. The van der Waals surface area contributed by atoms with Crippen LogP contribution >= 0.6 is 0 Å². The molecule has 5 heteroatoms. The molecule has 1 N–H and O–H groups in total. The number of anilines is 1. The van der Waals surface area contributed by atoms with Gasteiger partial charge in [-0.1, -0.05) is 17.7 Å². The van der Waals surface area contributed by atoms with E-state index in [9.17, 15) is 14.7 Å². The van der Waals surface area contributed by atoms with Crippen molar-refractivity contribution >= 4 is 17.4 Å². The number of amides is 1. The second-order valence-electron chi connectivity index (χ2n) is 7.10. The van der Waals surface area contributed by atoms with Crippen LogP contribution in [0.4, 0.5) is 5.69 Å². The highest BCUT2D eigenvalue weighted by molar-refractivity contribution is 6.09. The molecule has 0 unspecified atom stereocenters. The molecular weight excluding hydrogens is 294 g/mol. The lowest BCUT2D eigenvalue weighted by atomic mass is 9.75. The van der Waals surface area contributed by atoms with Gasteiger partial charge in [0.05, 0.1) is 23.8 Å². The molecule has 1 saturated heterocycles. The fourth-order valence-electron chi connectivity index (χ4n) is 3.62. The number of benzene rings is 1. The summed E-state index contributed by atoms with van der Waals surface area (Å²) in [7, 11) is 0. The van der Waals surface area contributed by atoms with Crippen LogP contribution in [0.2, 0.25) is 0 Å². The number of carbonyl (C=O) groups excluding carboxylic acids is 2. The van der Waals surface area contributed by atoms with Crippen molar-refractivity contribution in [3.05, 3.63) is 29.3 Å². The Hall–Kier alpha value is -1.72. The number of Topliss-reactive ketones (excluding diaryl/α,β-unsaturated/α-hetero) is 1. The first kappa shape index (κ1) is 16.1. The van der Waals surface area contributed by atoms with E-state index in [1.54, 1.807) is 11.0 Å². The largest absolute Gasteiger partial charge is 0.375 e. The van der Waals surface area contributed by atoms with Crippen LogP contribution in [0.3, 0.4) is 0 Å². The number of aryl methyl sites for hydroxylation is 1. The molecule has 0 spiro atoms. The van der Waals surface area contributed by atoms with Crippen molar-refractivity contribution in [3.8, 4) is 0 Å². The fraction of sp³-hybridized carbons (Fsp3) is 0.556. The van der Waals surface area contributed by atoms with Gasteiger partial charge in [0.2, 0.25) is 0 Å². The Morgan fingerprint density at radius 2 is 2.04 bits per heavy atom. The molecule has 0 radical (unpaired) electrons. The molecule has 1 fully saturated rings. The summed E-state index contributed by atoms with van der Waals surface area (Å²) in [6, 6.07) is 5.54. The van der Waals surface area contributed by atoms with E-state index < -0.39 is 23.0 Å². The maximum atomic E-state index is 12.9. The normalized spacial score (nSPS) is 29.8. The summed E-state index contributed by atoms with van der Waals surface area (Å²) in [5.41, 5.74) is -0.233. The molecule has 0 aliphatic carbocycles. The zero-order valence-corrected chi connectivity index (χ0v) is 14.0. The van der Waals surface area contributed by atoms with Gasteiger partial charge in [-0.05, 0) is 33.8 Å². The van der Waals surface area contributed by atoms with Crippen LogP contribution in [0.5, 0.6) is 0 Å². The van der Waals surface area contributed by atoms with E-state index in [1.165, 1.54) is 0 Å². The standard InChI is InChI=1S/C18H23NO4/c1-5-19-14-7-6-11(2)8-12(14)18(22,16(19)21)13-10-23-17(3,4)9-15(13)20/h6-8,13,22H,5,9-10H2,1-4H3/t13-,18-/m1/s1. The van der Waals surface area contributed by atoms with Crippen LogP contribution in [-0.2, 0) is 19.9 Å². The molecule has 1 aromatic rings. The van der Waals surface area contributed by atoms with Gasteiger partial charge in [0.15, 0.2) is 5.60 Å². The van der Waals surface area contributed by atoms with Crippen molar-refractivity contribution in [2.45, 2.75) is 45.3 Å². The van der Waals surface area contributed by atoms with Gasteiger partial charge < -0.3 is 14.7 Å². The molecule has 2 aliphatic rings. The monoisotopic (exact) mass is 317 g/mol. The van der Waals surface area contributed by atoms with Crippen molar-refractivity contribution in [3.63, 3.8) is 0 Å². The van der Waals surface area contributed by atoms with Gasteiger partial charge in [-0.15, -0.1) is 0 Å². The first-order valence-electron chi connectivity index (χ1n) is 8.03. The van der Waals surface area contributed by atoms with E-state index in [2.05, 4.69) is 0 Å². The summed E-state index contributed by atoms with van der Waals surface area (Å²) in [4.78, 5) is 27.1. The summed E-state index contributed by atoms with van der Waals surface area (Å²) < 4.78 is 5.74. The molecule has 2 atom stereocenters. The van der Waals surface area contributed by atoms with Crippen molar-refractivity contribution in [2.75, 3.05) is 18.1 Å². The number of hydrogen-bond donors (Lipinski definition) is 1. The summed E-state index contributed by atoms with van der Waals surface area (Å²) in [5.74, 6) is -1.41. The number of ether oxygens (including phenoxy) is 1. The first-order chi connectivity index (χ1) is 10.7. The molecule has 5 nitrogen and oxygen atoms in total. The maximum Gasteiger partial charge on any atom is 0.264 e. The van der Waals surface area contributed by atoms with Gasteiger partial charge in [0, 0.05) is 18.5 Å². The van der Waals surface area contributed by atoms with E-state index in [0.29, 0.717) is 17.8 Å². The number of fused-ring (bicyclic) bond motifs is 1. The third-order valence-electron chi connectivity index (χ3n) is 4.87. The van der Waals surface area contributed by atoms with Crippen LogP contribution in [0.25, 0.3) is 0 Å². The molecular formula is C18H23NO4. The Labute approximate surface area is 136 Å². The molecule has 3 rings (SSSR count). The molecule has 23 heavy (non-hydrogen) atoms. The number of ketones is 1. The summed E-state index contributed by atoms with van der Waals surface area (Å²) in [6.45, 7) is 7.96. The van der Waals surface area contributed by atoms with E-state index in [0.717, 1.165) is 5.56 Å². The fourth-order valence-corrected chi connectivity index (χ4v) is 3.62. The van der Waals surface area contributed by atoms with Crippen molar-refractivity contribution in [1.82, 2.24) is 0 Å². The minimum Gasteiger partial charge on any atom is -0.375 e. The molecule has 1 amide bonds. The third kappa shape index (κ3) is 2.30. The SMILES string of the molecule is CCN1C(=O)[C@](O)([C@@H]2COC(C)(C)CC2=O)c2cc(C)ccc21. The molecule has 1 aromatic carbocycles. The number of aliphatic hydroxyl groups is 1. The lowest BCUT2D eigenvalue weighted by Gasteiger charge is -2.39. The molecule has 2 aliphatic heterocycles.